The van der Waals surface area contributed by atoms with E-state index in [1.165, 1.54) is 4.31 Å². The summed E-state index contributed by atoms with van der Waals surface area (Å²) in [5.41, 5.74) is 3.45. The fourth-order valence-corrected chi connectivity index (χ4v) is 4.54. The SMILES string of the molecule is CCOc1ccc([C@H](C)NC(=O)[C@H](CC)N(c2ccc(C)c(C)c2)S(C)(=O)=O)cc1. The molecule has 0 aliphatic heterocycles. The molecule has 0 saturated heterocycles. The average Bonchev–Trinajstić information content (AvgIpc) is 2.68. The lowest BCUT2D eigenvalue weighted by atomic mass is 10.1. The largest absolute Gasteiger partial charge is 0.494 e. The number of aryl methyl sites for hydroxylation is 2. The molecular formula is C23H32N2O4S. The third-order valence-corrected chi connectivity index (χ3v) is 6.30. The van der Waals surface area contributed by atoms with Crippen molar-refractivity contribution in [3.8, 4) is 5.75 Å². The first-order valence-corrected chi connectivity index (χ1v) is 12.0. The van der Waals surface area contributed by atoms with Crippen LogP contribution in [0.2, 0.25) is 0 Å². The Balaban J connectivity index is 2.27. The molecule has 6 nitrogen and oxygen atoms in total. The third kappa shape index (κ3) is 5.75. The number of rotatable bonds is 9. The number of ether oxygens (including phenoxy) is 1. The number of nitrogens with one attached hydrogen (secondary N) is 1. The molecule has 164 valence electrons. The van der Waals surface area contributed by atoms with Crippen molar-refractivity contribution >= 4 is 21.6 Å². The number of anilines is 1. The van der Waals surface area contributed by atoms with Crippen LogP contribution in [0.3, 0.4) is 0 Å². The number of nitrogens with zero attached hydrogens (tertiary/aromatic N) is 1. The van der Waals surface area contributed by atoms with Crippen molar-refractivity contribution in [1.82, 2.24) is 5.32 Å². The monoisotopic (exact) mass is 432 g/mol. The molecule has 0 aliphatic rings. The van der Waals surface area contributed by atoms with E-state index in [2.05, 4.69) is 5.32 Å². The summed E-state index contributed by atoms with van der Waals surface area (Å²) in [6.45, 7) is 10.1. The van der Waals surface area contributed by atoms with Crippen LogP contribution in [0.25, 0.3) is 0 Å². The Morgan fingerprint density at radius 2 is 1.70 bits per heavy atom. The summed E-state index contributed by atoms with van der Waals surface area (Å²) in [6, 6.07) is 11.8. The second-order valence-corrected chi connectivity index (χ2v) is 9.34. The molecule has 0 bridgehead atoms. The zero-order valence-electron chi connectivity index (χ0n) is 18.6. The summed E-state index contributed by atoms with van der Waals surface area (Å²) in [4.78, 5) is 13.1. The van der Waals surface area contributed by atoms with Crippen molar-refractivity contribution in [1.29, 1.82) is 0 Å². The summed E-state index contributed by atoms with van der Waals surface area (Å²) in [5.74, 6) is 0.437. The number of hydrogen-bond donors (Lipinski definition) is 1. The Bertz CT molecular complexity index is 971. The van der Waals surface area contributed by atoms with Gasteiger partial charge in [0, 0.05) is 0 Å². The molecule has 30 heavy (non-hydrogen) atoms. The van der Waals surface area contributed by atoms with Crippen LogP contribution in [0.1, 0.15) is 49.9 Å². The van der Waals surface area contributed by atoms with Gasteiger partial charge in [0.15, 0.2) is 0 Å². The van der Waals surface area contributed by atoms with Gasteiger partial charge in [-0.1, -0.05) is 25.1 Å². The van der Waals surface area contributed by atoms with Gasteiger partial charge in [-0.3, -0.25) is 9.10 Å². The van der Waals surface area contributed by atoms with E-state index in [9.17, 15) is 13.2 Å². The second kappa shape index (κ2) is 9.98. The third-order valence-electron chi connectivity index (χ3n) is 5.12. The van der Waals surface area contributed by atoms with E-state index in [1.807, 2.05) is 71.0 Å². The standard InChI is InChI=1S/C23H32N2O4S/c1-7-22(25(30(6,27)28)20-12-9-16(3)17(4)15-20)23(26)24-18(5)19-10-13-21(14-11-19)29-8-2/h9-15,18,22H,7-8H2,1-6H3,(H,24,26)/t18-,22-/m0/s1. The second-order valence-electron chi connectivity index (χ2n) is 7.48. The summed E-state index contributed by atoms with van der Waals surface area (Å²) in [5, 5.41) is 2.96. The van der Waals surface area contributed by atoms with Crippen molar-refractivity contribution in [2.45, 2.75) is 53.1 Å². The molecule has 0 spiro atoms. The fourth-order valence-electron chi connectivity index (χ4n) is 3.34. The highest BCUT2D eigenvalue weighted by Gasteiger charge is 2.32. The molecule has 2 rings (SSSR count). The topological polar surface area (TPSA) is 75.7 Å². The van der Waals surface area contributed by atoms with Crippen LogP contribution in [0, 0.1) is 13.8 Å². The molecule has 2 aromatic rings. The van der Waals surface area contributed by atoms with Crippen LogP contribution >= 0.6 is 0 Å². The Kier molecular flexibility index (Phi) is 7.89. The number of amides is 1. The molecule has 0 aromatic heterocycles. The highest BCUT2D eigenvalue weighted by molar-refractivity contribution is 7.92. The van der Waals surface area contributed by atoms with Gasteiger partial charge in [0.25, 0.3) is 0 Å². The molecule has 0 unspecified atom stereocenters. The van der Waals surface area contributed by atoms with E-state index in [-0.39, 0.29) is 11.9 Å². The molecule has 0 radical (unpaired) electrons. The fraction of sp³-hybridized carbons (Fsp3) is 0.435. The molecule has 7 heteroatoms. The first-order chi connectivity index (χ1) is 14.1. The van der Waals surface area contributed by atoms with Gasteiger partial charge in [0.05, 0.1) is 24.6 Å². The maximum absolute atomic E-state index is 13.1. The van der Waals surface area contributed by atoms with E-state index in [0.717, 1.165) is 28.7 Å². The highest BCUT2D eigenvalue weighted by Crippen LogP contribution is 2.26. The van der Waals surface area contributed by atoms with E-state index in [1.54, 1.807) is 6.07 Å². The normalized spacial score (nSPS) is 13.4. The molecule has 0 saturated carbocycles. The lowest BCUT2D eigenvalue weighted by molar-refractivity contribution is -0.122. The van der Waals surface area contributed by atoms with Crippen molar-refractivity contribution in [3.63, 3.8) is 0 Å². The van der Waals surface area contributed by atoms with Crippen LogP contribution in [0.5, 0.6) is 5.75 Å². The Labute approximate surface area is 180 Å². The predicted octanol–water partition coefficient (Wildman–Crippen LogP) is 4.12. The smallest absolute Gasteiger partial charge is 0.244 e. The summed E-state index contributed by atoms with van der Waals surface area (Å²) in [6.07, 6.45) is 1.48. The van der Waals surface area contributed by atoms with Gasteiger partial charge in [-0.05, 0) is 75.1 Å². The van der Waals surface area contributed by atoms with Gasteiger partial charge in [-0.25, -0.2) is 8.42 Å². The van der Waals surface area contributed by atoms with Gasteiger partial charge in [-0.15, -0.1) is 0 Å². The predicted molar refractivity (Wildman–Crippen MR) is 121 cm³/mol. The van der Waals surface area contributed by atoms with E-state index < -0.39 is 16.1 Å². The summed E-state index contributed by atoms with van der Waals surface area (Å²) < 4.78 is 31.9. The highest BCUT2D eigenvalue weighted by atomic mass is 32.2. The van der Waals surface area contributed by atoms with Gasteiger partial charge in [0.2, 0.25) is 15.9 Å². The molecule has 2 aromatic carbocycles. The molecular weight excluding hydrogens is 400 g/mol. The molecule has 0 aliphatic carbocycles. The van der Waals surface area contributed by atoms with Crippen LogP contribution in [0.4, 0.5) is 5.69 Å². The Morgan fingerprint density at radius 1 is 1.07 bits per heavy atom. The molecule has 2 atom stereocenters. The number of benzene rings is 2. The maximum atomic E-state index is 13.1. The van der Waals surface area contributed by atoms with Crippen LogP contribution in [-0.4, -0.2) is 33.2 Å². The lowest BCUT2D eigenvalue weighted by Crippen LogP contribution is -2.49. The van der Waals surface area contributed by atoms with Gasteiger partial charge in [-0.2, -0.15) is 0 Å². The van der Waals surface area contributed by atoms with Crippen molar-refractivity contribution in [2.75, 3.05) is 17.2 Å². The quantitative estimate of drug-likeness (QED) is 0.647. The minimum atomic E-state index is -3.66. The first-order valence-electron chi connectivity index (χ1n) is 10.2. The van der Waals surface area contributed by atoms with Crippen LogP contribution in [-0.2, 0) is 14.8 Å². The van der Waals surface area contributed by atoms with Crippen molar-refractivity contribution in [2.24, 2.45) is 0 Å². The first kappa shape index (κ1) is 23.7. The molecule has 1 amide bonds. The minimum Gasteiger partial charge on any atom is -0.494 e. The summed E-state index contributed by atoms with van der Waals surface area (Å²) >= 11 is 0. The molecule has 0 heterocycles. The maximum Gasteiger partial charge on any atom is 0.244 e. The van der Waals surface area contributed by atoms with E-state index in [4.69, 9.17) is 4.74 Å². The van der Waals surface area contributed by atoms with E-state index >= 15 is 0 Å². The zero-order chi connectivity index (χ0) is 22.5. The lowest BCUT2D eigenvalue weighted by Gasteiger charge is -2.31. The van der Waals surface area contributed by atoms with Crippen LogP contribution in [0.15, 0.2) is 42.5 Å². The van der Waals surface area contributed by atoms with Crippen molar-refractivity contribution in [3.05, 3.63) is 59.2 Å². The number of hydrogen-bond acceptors (Lipinski definition) is 4. The molecule has 1 N–H and O–H groups in total. The van der Waals surface area contributed by atoms with Gasteiger partial charge < -0.3 is 10.1 Å². The zero-order valence-corrected chi connectivity index (χ0v) is 19.4. The Morgan fingerprint density at radius 3 is 2.20 bits per heavy atom. The Hall–Kier alpha value is -2.54. The summed E-state index contributed by atoms with van der Waals surface area (Å²) in [7, 11) is -3.66. The van der Waals surface area contributed by atoms with Crippen molar-refractivity contribution < 1.29 is 17.9 Å². The van der Waals surface area contributed by atoms with Crippen LogP contribution < -0.4 is 14.4 Å². The number of sulfonamides is 1. The number of carbonyl (C=O) groups excluding carboxylic acids is 1. The minimum absolute atomic E-state index is 0.275. The average molecular weight is 433 g/mol. The van der Waals surface area contributed by atoms with Gasteiger partial charge in [0.1, 0.15) is 11.8 Å². The van der Waals surface area contributed by atoms with E-state index in [0.29, 0.717) is 18.7 Å². The molecule has 0 fully saturated rings. The number of carbonyl (C=O) groups is 1. The van der Waals surface area contributed by atoms with Gasteiger partial charge >= 0.3 is 0 Å².